The van der Waals surface area contributed by atoms with Gasteiger partial charge in [-0.2, -0.15) is 0 Å². The van der Waals surface area contributed by atoms with E-state index >= 15 is 0 Å². The van der Waals surface area contributed by atoms with Gasteiger partial charge in [-0.05, 0) is 44.6 Å². The van der Waals surface area contributed by atoms with Crippen molar-refractivity contribution in [1.29, 1.82) is 0 Å². The number of methoxy groups -OCH3 is 1. The fraction of sp³-hybridized carbons (Fsp3) is 0.412. The van der Waals surface area contributed by atoms with Gasteiger partial charge in [-0.15, -0.1) is 0 Å². The molecule has 1 fully saturated rings. The quantitative estimate of drug-likeness (QED) is 0.793. The predicted octanol–water partition coefficient (Wildman–Crippen LogP) is 3.15. The van der Waals surface area contributed by atoms with Gasteiger partial charge < -0.3 is 14.0 Å². The van der Waals surface area contributed by atoms with Crippen molar-refractivity contribution < 1.29 is 14.0 Å². The van der Waals surface area contributed by atoms with Crippen LogP contribution in [0.4, 0.5) is 0 Å². The number of fused-ring (bicyclic) bond motifs is 1. The van der Waals surface area contributed by atoms with E-state index in [0.717, 1.165) is 22.0 Å². The Labute approximate surface area is 126 Å². The molecule has 0 spiro atoms. The van der Waals surface area contributed by atoms with E-state index in [1.807, 2.05) is 24.3 Å². The van der Waals surface area contributed by atoms with Crippen molar-refractivity contribution in [3.63, 3.8) is 0 Å². The van der Waals surface area contributed by atoms with Crippen molar-refractivity contribution in [3.8, 4) is 5.75 Å². The molecule has 4 heteroatoms. The molecule has 3 nitrogen and oxygen atoms in total. The van der Waals surface area contributed by atoms with Crippen LogP contribution in [0.5, 0.6) is 5.75 Å². The molecule has 3 rings (SSSR count). The van der Waals surface area contributed by atoms with Crippen LogP contribution in [0.3, 0.4) is 0 Å². The van der Waals surface area contributed by atoms with Gasteiger partial charge >= 0.3 is 7.12 Å². The summed E-state index contributed by atoms with van der Waals surface area (Å²) in [6, 6.07) is 12.2. The lowest BCUT2D eigenvalue weighted by Crippen LogP contribution is -2.41. The zero-order chi connectivity index (χ0) is 15.3. The van der Waals surface area contributed by atoms with E-state index in [0.29, 0.717) is 0 Å². The molecule has 2 aromatic carbocycles. The monoisotopic (exact) mass is 284 g/mol. The van der Waals surface area contributed by atoms with E-state index in [9.17, 15) is 0 Å². The number of hydrogen-bond donors (Lipinski definition) is 0. The van der Waals surface area contributed by atoms with Gasteiger partial charge in [0.2, 0.25) is 0 Å². The van der Waals surface area contributed by atoms with Crippen molar-refractivity contribution in [2.45, 2.75) is 38.9 Å². The van der Waals surface area contributed by atoms with Crippen LogP contribution >= 0.6 is 0 Å². The molecule has 1 saturated heterocycles. The summed E-state index contributed by atoms with van der Waals surface area (Å²) in [6.45, 7) is 8.27. The molecule has 1 heterocycles. The summed E-state index contributed by atoms with van der Waals surface area (Å²) in [5, 5.41) is 2.18. The Morgan fingerprint density at radius 3 is 2.00 bits per heavy atom. The number of benzene rings is 2. The van der Waals surface area contributed by atoms with Gasteiger partial charge in [0, 0.05) is 5.39 Å². The van der Waals surface area contributed by atoms with Gasteiger partial charge in [-0.25, -0.2) is 0 Å². The highest BCUT2D eigenvalue weighted by molar-refractivity contribution is 6.65. The minimum Gasteiger partial charge on any atom is -0.496 e. The van der Waals surface area contributed by atoms with E-state index in [1.54, 1.807) is 7.11 Å². The first-order chi connectivity index (χ1) is 9.86. The summed E-state index contributed by atoms with van der Waals surface area (Å²) >= 11 is 0. The maximum atomic E-state index is 6.17. The SMILES string of the molecule is COc1ccc(B2OC(C)(C)C(C)(C)O2)c2ccccc12. The van der Waals surface area contributed by atoms with Crippen molar-refractivity contribution in [1.82, 2.24) is 0 Å². The molecule has 110 valence electrons. The van der Waals surface area contributed by atoms with Gasteiger partial charge in [-0.3, -0.25) is 0 Å². The molecule has 0 bridgehead atoms. The molecule has 21 heavy (non-hydrogen) atoms. The normalized spacial score (nSPS) is 20.0. The molecule has 1 aliphatic heterocycles. The van der Waals surface area contributed by atoms with Gasteiger partial charge in [0.25, 0.3) is 0 Å². The predicted molar refractivity (Wildman–Crippen MR) is 86.2 cm³/mol. The maximum absolute atomic E-state index is 6.17. The number of hydrogen-bond acceptors (Lipinski definition) is 3. The van der Waals surface area contributed by atoms with E-state index in [2.05, 4.69) is 39.8 Å². The summed E-state index contributed by atoms with van der Waals surface area (Å²) in [5.74, 6) is 0.867. The highest BCUT2D eigenvalue weighted by Gasteiger charge is 2.52. The topological polar surface area (TPSA) is 27.7 Å². The molecule has 0 aliphatic carbocycles. The van der Waals surface area contributed by atoms with Crippen LogP contribution in [0.25, 0.3) is 10.8 Å². The first-order valence-electron chi connectivity index (χ1n) is 7.27. The fourth-order valence-electron chi connectivity index (χ4n) is 2.65. The Balaban J connectivity index is 2.11. The lowest BCUT2D eigenvalue weighted by Gasteiger charge is -2.32. The molecular formula is C17H21BO3. The minimum absolute atomic E-state index is 0.335. The molecule has 0 atom stereocenters. The number of rotatable bonds is 2. The Morgan fingerprint density at radius 1 is 0.857 bits per heavy atom. The minimum atomic E-state index is -0.356. The van der Waals surface area contributed by atoms with Crippen LogP contribution in [0.1, 0.15) is 27.7 Å². The average molecular weight is 284 g/mol. The van der Waals surface area contributed by atoms with E-state index in [1.165, 1.54) is 0 Å². The van der Waals surface area contributed by atoms with Crippen LogP contribution in [-0.2, 0) is 9.31 Å². The Morgan fingerprint density at radius 2 is 1.43 bits per heavy atom. The molecule has 2 aromatic rings. The van der Waals surface area contributed by atoms with Gasteiger partial charge in [-0.1, -0.05) is 30.3 Å². The lowest BCUT2D eigenvalue weighted by atomic mass is 9.76. The van der Waals surface area contributed by atoms with Crippen LogP contribution in [0, 0.1) is 0 Å². The molecule has 0 N–H and O–H groups in total. The van der Waals surface area contributed by atoms with Crippen molar-refractivity contribution in [3.05, 3.63) is 36.4 Å². The molecule has 1 aliphatic rings. The van der Waals surface area contributed by atoms with E-state index in [-0.39, 0.29) is 18.3 Å². The molecular weight excluding hydrogens is 263 g/mol. The fourth-order valence-corrected chi connectivity index (χ4v) is 2.65. The van der Waals surface area contributed by atoms with Gasteiger partial charge in [0.05, 0.1) is 18.3 Å². The second-order valence-corrected chi connectivity index (χ2v) is 6.49. The van der Waals surface area contributed by atoms with Crippen molar-refractivity contribution in [2.24, 2.45) is 0 Å². The summed E-state index contributed by atoms with van der Waals surface area (Å²) in [7, 11) is 1.33. The third-order valence-electron chi connectivity index (χ3n) is 4.64. The smallest absolute Gasteiger partial charge is 0.495 e. The third kappa shape index (κ3) is 2.23. The molecule has 0 unspecified atom stereocenters. The largest absolute Gasteiger partial charge is 0.496 e. The first kappa shape index (κ1) is 14.4. The second kappa shape index (κ2) is 4.75. The van der Waals surface area contributed by atoms with Gasteiger partial charge in [0.1, 0.15) is 5.75 Å². The van der Waals surface area contributed by atoms with Crippen molar-refractivity contribution in [2.75, 3.05) is 7.11 Å². The van der Waals surface area contributed by atoms with Crippen LogP contribution in [0.2, 0.25) is 0 Å². The van der Waals surface area contributed by atoms with Crippen LogP contribution in [-0.4, -0.2) is 25.4 Å². The summed E-state index contributed by atoms with van der Waals surface area (Å²) in [4.78, 5) is 0. The average Bonchev–Trinajstić information content (AvgIpc) is 2.66. The van der Waals surface area contributed by atoms with E-state index in [4.69, 9.17) is 14.0 Å². The van der Waals surface area contributed by atoms with Crippen molar-refractivity contribution >= 4 is 23.4 Å². The summed E-state index contributed by atoms with van der Waals surface area (Å²) in [6.07, 6.45) is 0. The Hall–Kier alpha value is -1.52. The molecule has 0 saturated carbocycles. The highest BCUT2D eigenvalue weighted by atomic mass is 16.7. The zero-order valence-electron chi connectivity index (χ0n) is 13.3. The zero-order valence-corrected chi connectivity index (χ0v) is 13.3. The molecule has 0 amide bonds. The Kier molecular flexibility index (Phi) is 3.26. The third-order valence-corrected chi connectivity index (χ3v) is 4.64. The molecule has 0 aromatic heterocycles. The van der Waals surface area contributed by atoms with Crippen LogP contribution < -0.4 is 10.2 Å². The number of ether oxygens (including phenoxy) is 1. The van der Waals surface area contributed by atoms with Crippen LogP contribution in [0.15, 0.2) is 36.4 Å². The summed E-state index contributed by atoms with van der Waals surface area (Å²) in [5.41, 5.74) is 0.377. The summed E-state index contributed by atoms with van der Waals surface area (Å²) < 4.78 is 17.8. The first-order valence-corrected chi connectivity index (χ1v) is 7.27. The molecule has 0 radical (unpaired) electrons. The second-order valence-electron chi connectivity index (χ2n) is 6.49. The van der Waals surface area contributed by atoms with Gasteiger partial charge in [0.15, 0.2) is 0 Å². The Bertz CT molecular complexity index is 663. The highest BCUT2D eigenvalue weighted by Crippen LogP contribution is 2.37. The standard InChI is InChI=1S/C17H21BO3/c1-16(2)17(3,4)21-18(20-16)14-10-11-15(19-5)13-9-7-6-8-12(13)14/h6-11H,1-5H3. The maximum Gasteiger partial charge on any atom is 0.495 e. The van der Waals surface area contributed by atoms with E-state index < -0.39 is 0 Å². The lowest BCUT2D eigenvalue weighted by molar-refractivity contribution is 0.00578.